The van der Waals surface area contributed by atoms with E-state index in [1.54, 1.807) is 14.2 Å². The highest BCUT2D eigenvalue weighted by molar-refractivity contribution is 9.10. The fourth-order valence-corrected chi connectivity index (χ4v) is 1.90. The van der Waals surface area contributed by atoms with Gasteiger partial charge in [0.25, 0.3) is 0 Å². The van der Waals surface area contributed by atoms with E-state index in [2.05, 4.69) is 15.9 Å². The van der Waals surface area contributed by atoms with Crippen LogP contribution in [0, 0.1) is 0 Å². The maximum Gasteiger partial charge on any atom is 0.161 e. The van der Waals surface area contributed by atoms with Gasteiger partial charge in [0.05, 0.1) is 14.2 Å². The molecular weight excluding hydrogens is 281 g/mol. The molecule has 86 valence electrons. The predicted molar refractivity (Wildman–Crippen MR) is 67.1 cm³/mol. The van der Waals surface area contributed by atoms with Crippen LogP contribution >= 0.6 is 28.3 Å². The second-order valence-electron chi connectivity index (χ2n) is 3.02. The molecule has 0 aliphatic rings. The van der Waals surface area contributed by atoms with Crippen molar-refractivity contribution in [2.75, 3.05) is 14.2 Å². The summed E-state index contributed by atoms with van der Waals surface area (Å²) in [6.45, 7) is 1.92. The van der Waals surface area contributed by atoms with Crippen molar-refractivity contribution in [1.82, 2.24) is 0 Å². The summed E-state index contributed by atoms with van der Waals surface area (Å²) in [6.07, 6.45) is 0. The van der Waals surface area contributed by atoms with Crippen molar-refractivity contribution >= 4 is 28.3 Å². The first-order chi connectivity index (χ1) is 6.60. The lowest BCUT2D eigenvalue weighted by atomic mass is 10.1. The summed E-state index contributed by atoms with van der Waals surface area (Å²) in [4.78, 5) is 0. The minimum atomic E-state index is -0.0378. The van der Waals surface area contributed by atoms with Gasteiger partial charge in [-0.2, -0.15) is 0 Å². The molecule has 3 nitrogen and oxygen atoms in total. The number of ether oxygens (including phenoxy) is 2. The largest absolute Gasteiger partial charge is 0.493 e. The molecule has 0 aliphatic carbocycles. The minimum Gasteiger partial charge on any atom is -0.493 e. The Balaban J connectivity index is 0.00000196. The maximum absolute atomic E-state index is 5.80. The molecule has 1 rings (SSSR count). The average molecular weight is 297 g/mol. The fourth-order valence-electron chi connectivity index (χ4n) is 1.22. The van der Waals surface area contributed by atoms with Crippen LogP contribution in [-0.2, 0) is 0 Å². The highest BCUT2D eigenvalue weighted by Crippen LogP contribution is 2.35. The molecule has 5 heteroatoms. The lowest BCUT2D eigenvalue weighted by molar-refractivity contribution is 0.354. The lowest BCUT2D eigenvalue weighted by Crippen LogP contribution is -2.06. The first-order valence-electron chi connectivity index (χ1n) is 4.27. The van der Waals surface area contributed by atoms with Crippen molar-refractivity contribution in [3.05, 3.63) is 22.2 Å². The van der Waals surface area contributed by atoms with Crippen molar-refractivity contribution in [2.45, 2.75) is 13.0 Å². The second kappa shape index (κ2) is 6.20. The highest BCUT2D eigenvalue weighted by Gasteiger charge is 2.11. The third-order valence-corrected chi connectivity index (χ3v) is 2.68. The van der Waals surface area contributed by atoms with Crippen molar-refractivity contribution in [1.29, 1.82) is 0 Å². The maximum atomic E-state index is 5.80. The van der Waals surface area contributed by atoms with Gasteiger partial charge >= 0.3 is 0 Å². The number of benzene rings is 1. The molecule has 2 N–H and O–H groups in total. The van der Waals surface area contributed by atoms with Gasteiger partial charge in [0.2, 0.25) is 0 Å². The summed E-state index contributed by atoms with van der Waals surface area (Å²) in [5.41, 5.74) is 6.81. The van der Waals surface area contributed by atoms with Crippen LogP contribution in [0.4, 0.5) is 0 Å². The molecule has 1 aromatic rings. The summed E-state index contributed by atoms with van der Waals surface area (Å²) in [7, 11) is 3.21. The molecule has 1 atom stereocenters. The summed E-state index contributed by atoms with van der Waals surface area (Å²) in [6, 6.07) is 3.70. The van der Waals surface area contributed by atoms with Crippen LogP contribution in [-0.4, -0.2) is 14.2 Å². The molecule has 0 spiro atoms. The summed E-state index contributed by atoms with van der Waals surface area (Å²) >= 11 is 3.44. The molecule has 0 fully saturated rings. The van der Waals surface area contributed by atoms with E-state index in [0.717, 1.165) is 10.0 Å². The Morgan fingerprint density at radius 1 is 1.20 bits per heavy atom. The molecule has 0 saturated heterocycles. The molecule has 0 saturated carbocycles. The Morgan fingerprint density at radius 2 is 1.67 bits per heavy atom. The van der Waals surface area contributed by atoms with Gasteiger partial charge in [0.1, 0.15) is 0 Å². The van der Waals surface area contributed by atoms with Crippen molar-refractivity contribution in [2.24, 2.45) is 5.73 Å². The number of rotatable bonds is 3. The van der Waals surface area contributed by atoms with Crippen LogP contribution in [0.25, 0.3) is 0 Å². The molecule has 0 unspecified atom stereocenters. The van der Waals surface area contributed by atoms with Gasteiger partial charge in [-0.05, 0) is 24.6 Å². The number of hydrogen-bond acceptors (Lipinski definition) is 3. The standard InChI is InChI=1S/C10H14BrNO2.ClH/c1-6(12)7-4-9(13-2)10(14-3)5-8(7)11;/h4-6H,12H2,1-3H3;1H/t6-;/m1./s1. The monoisotopic (exact) mass is 295 g/mol. The molecule has 15 heavy (non-hydrogen) atoms. The Bertz CT molecular complexity index is 331. The fraction of sp³-hybridized carbons (Fsp3) is 0.400. The Hall–Kier alpha value is -0.450. The Labute approximate surface area is 104 Å². The van der Waals surface area contributed by atoms with E-state index in [9.17, 15) is 0 Å². The molecular formula is C10H15BrClNO2. The molecule has 0 heterocycles. The third-order valence-electron chi connectivity index (χ3n) is 1.99. The van der Waals surface area contributed by atoms with E-state index < -0.39 is 0 Å². The van der Waals surface area contributed by atoms with Crippen molar-refractivity contribution < 1.29 is 9.47 Å². The van der Waals surface area contributed by atoms with Gasteiger partial charge in [-0.25, -0.2) is 0 Å². The lowest BCUT2D eigenvalue weighted by Gasteiger charge is -2.13. The van der Waals surface area contributed by atoms with Crippen LogP contribution in [0.5, 0.6) is 11.5 Å². The quantitative estimate of drug-likeness (QED) is 0.933. The normalized spacial score (nSPS) is 11.5. The van der Waals surface area contributed by atoms with E-state index >= 15 is 0 Å². The van der Waals surface area contributed by atoms with Gasteiger partial charge in [0, 0.05) is 10.5 Å². The minimum absolute atomic E-state index is 0. The molecule has 0 aromatic heterocycles. The summed E-state index contributed by atoms with van der Waals surface area (Å²) in [5, 5.41) is 0. The van der Waals surface area contributed by atoms with E-state index in [0.29, 0.717) is 11.5 Å². The van der Waals surface area contributed by atoms with Crippen LogP contribution < -0.4 is 15.2 Å². The van der Waals surface area contributed by atoms with E-state index in [-0.39, 0.29) is 18.4 Å². The van der Waals surface area contributed by atoms with Gasteiger partial charge in [-0.15, -0.1) is 12.4 Å². The topological polar surface area (TPSA) is 44.5 Å². The van der Waals surface area contributed by atoms with Crippen molar-refractivity contribution in [3.8, 4) is 11.5 Å². The first-order valence-corrected chi connectivity index (χ1v) is 5.06. The smallest absolute Gasteiger partial charge is 0.161 e. The van der Waals surface area contributed by atoms with Crippen LogP contribution in [0.15, 0.2) is 16.6 Å². The van der Waals surface area contributed by atoms with Crippen LogP contribution in [0.3, 0.4) is 0 Å². The highest BCUT2D eigenvalue weighted by atomic mass is 79.9. The molecule has 0 bridgehead atoms. The second-order valence-corrected chi connectivity index (χ2v) is 3.87. The average Bonchev–Trinajstić information content (AvgIpc) is 2.16. The van der Waals surface area contributed by atoms with Crippen LogP contribution in [0.1, 0.15) is 18.5 Å². The first kappa shape index (κ1) is 14.6. The molecule has 0 amide bonds. The van der Waals surface area contributed by atoms with Gasteiger partial charge < -0.3 is 15.2 Å². The van der Waals surface area contributed by atoms with Crippen molar-refractivity contribution in [3.63, 3.8) is 0 Å². The van der Waals surface area contributed by atoms with E-state index in [4.69, 9.17) is 15.2 Å². The zero-order valence-electron chi connectivity index (χ0n) is 8.91. The zero-order chi connectivity index (χ0) is 10.7. The number of halogens is 2. The SMILES string of the molecule is COc1cc(Br)c([C@@H](C)N)cc1OC.Cl. The zero-order valence-corrected chi connectivity index (χ0v) is 11.3. The van der Waals surface area contributed by atoms with Crippen LogP contribution in [0.2, 0.25) is 0 Å². The van der Waals surface area contributed by atoms with Gasteiger partial charge in [-0.3, -0.25) is 0 Å². The molecule has 0 radical (unpaired) electrons. The molecule has 0 aliphatic heterocycles. The van der Waals surface area contributed by atoms with Gasteiger partial charge in [-0.1, -0.05) is 15.9 Å². The number of methoxy groups -OCH3 is 2. The third kappa shape index (κ3) is 3.26. The predicted octanol–water partition coefficient (Wildman–Crippen LogP) is 2.91. The summed E-state index contributed by atoms with van der Waals surface area (Å²) < 4.78 is 11.3. The summed E-state index contributed by atoms with van der Waals surface area (Å²) in [5.74, 6) is 1.40. The van der Waals surface area contributed by atoms with E-state index in [1.165, 1.54) is 0 Å². The number of hydrogen-bond donors (Lipinski definition) is 1. The Morgan fingerprint density at radius 3 is 2.07 bits per heavy atom. The van der Waals surface area contributed by atoms with Gasteiger partial charge in [0.15, 0.2) is 11.5 Å². The Kier molecular flexibility index (Phi) is 6.02. The molecule has 1 aromatic carbocycles. The van der Waals surface area contributed by atoms with E-state index in [1.807, 2.05) is 19.1 Å². The number of nitrogens with two attached hydrogens (primary N) is 1.